The van der Waals surface area contributed by atoms with E-state index in [0.29, 0.717) is 12.4 Å². The lowest BCUT2D eigenvalue weighted by Gasteiger charge is -2.18. The zero-order valence-corrected chi connectivity index (χ0v) is 18.6. The molecule has 3 rings (SSSR count). The van der Waals surface area contributed by atoms with Gasteiger partial charge in [0.15, 0.2) is 11.6 Å². The van der Waals surface area contributed by atoms with Gasteiger partial charge < -0.3 is 20.1 Å². The number of aldehydes is 1. The number of halogens is 4. The number of carbonyl (C=O) groups is 1. The Bertz CT molecular complexity index is 1200. The number of phenolic OH excluding ortho intramolecular Hbond substituents is 1. The summed E-state index contributed by atoms with van der Waals surface area (Å²) in [5.41, 5.74) is 4.90. The molecule has 0 radical (unpaired) electrons. The van der Waals surface area contributed by atoms with Crippen LogP contribution in [0.1, 0.15) is 17.3 Å². The molecule has 2 unspecified atom stereocenters. The molecule has 0 heterocycles. The highest BCUT2D eigenvalue weighted by Crippen LogP contribution is 2.37. The van der Waals surface area contributed by atoms with Crippen LogP contribution in [0.25, 0.3) is 11.1 Å². The first kappa shape index (κ1) is 24.7. The zero-order chi connectivity index (χ0) is 24.3. The van der Waals surface area contributed by atoms with E-state index in [1.54, 1.807) is 6.92 Å². The zero-order valence-electron chi connectivity index (χ0n) is 17.1. The van der Waals surface area contributed by atoms with Crippen molar-refractivity contribution in [3.8, 4) is 22.6 Å². The van der Waals surface area contributed by atoms with Crippen molar-refractivity contribution < 1.29 is 32.4 Å². The number of nitrogens with two attached hydrogens (primary N) is 1. The minimum atomic E-state index is -2.30. The summed E-state index contributed by atoms with van der Waals surface area (Å²) in [5.74, 6) is -3.28. The molecule has 0 aromatic heterocycles. The lowest BCUT2D eigenvalue weighted by atomic mass is 10.0. The van der Waals surface area contributed by atoms with Crippen LogP contribution in [-0.4, -0.2) is 28.6 Å². The van der Waals surface area contributed by atoms with Crippen LogP contribution in [0.2, 0.25) is 5.02 Å². The molecule has 2 atom stereocenters. The number of nitrogens with one attached hydrogen (secondary N) is 1. The summed E-state index contributed by atoms with van der Waals surface area (Å²) in [6.07, 6.45) is -0.0446. The lowest BCUT2D eigenvalue weighted by Crippen LogP contribution is -2.23. The fourth-order valence-corrected chi connectivity index (χ4v) is 4.15. The van der Waals surface area contributed by atoms with Gasteiger partial charge in [-0.05, 0) is 37.3 Å². The van der Waals surface area contributed by atoms with Crippen molar-refractivity contribution in [3.05, 3.63) is 70.5 Å². The van der Waals surface area contributed by atoms with Crippen molar-refractivity contribution >= 4 is 34.9 Å². The fourth-order valence-electron chi connectivity index (χ4n) is 2.87. The molecule has 3 aromatic rings. The van der Waals surface area contributed by atoms with Gasteiger partial charge in [-0.25, -0.2) is 17.9 Å². The minimum absolute atomic E-state index is 0.0181. The Kier molecular flexibility index (Phi) is 7.75. The van der Waals surface area contributed by atoms with E-state index in [1.807, 2.05) is 0 Å². The number of benzene rings is 3. The fraction of sp³-hybridized carbons (Fsp3) is 0.136. The number of ether oxygens (including phenoxy) is 1. The largest absolute Gasteiger partial charge is 0.588 e. The molecule has 0 spiro atoms. The first-order valence-corrected chi connectivity index (χ1v) is 11.0. The summed E-state index contributed by atoms with van der Waals surface area (Å²) in [6, 6.07) is 7.19. The van der Waals surface area contributed by atoms with Gasteiger partial charge in [-0.3, -0.25) is 4.79 Å². The van der Waals surface area contributed by atoms with Crippen molar-refractivity contribution in [2.45, 2.75) is 17.9 Å². The molecule has 0 amide bonds. The molecule has 0 aliphatic heterocycles. The second-order valence-corrected chi connectivity index (χ2v) is 8.54. The number of hydrogen-bond donors (Lipinski definition) is 3. The number of rotatable bonds is 8. The van der Waals surface area contributed by atoms with E-state index in [9.17, 15) is 27.6 Å². The first-order chi connectivity index (χ1) is 15.6. The highest BCUT2D eigenvalue weighted by Gasteiger charge is 2.24. The van der Waals surface area contributed by atoms with Gasteiger partial charge in [0.2, 0.25) is 4.90 Å². The van der Waals surface area contributed by atoms with Crippen LogP contribution in [0, 0.1) is 17.5 Å². The van der Waals surface area contributed by atoms with Gasteiger partial charge in [0, 0.05) is 35.4 Å². The van der Waals surface area contributed by atoms with Gasteiger partial charge in [-0.2, -0.15) is 0 Å². The molecule has 0 fully saturated rings. The van der Waals surface area contributed by atoms with Crippen molar-refractivity contribution in [1.29, 1.82) is 0 Å². The Labute approximate surface area is 195 Å². The molecule has 0 aliphatic carbocycles. The maximum atomic E-state index is 14.7. The van der Waals surface area contributed by atoms with Gasteiger partial charge in [-0.1, -0.05) is 11.6 Å². The van der Waals surface area contributed by atoms with Crippen LogP contribution in [0.3, 0.4) is 0 Å². The van der Waals surface area contributed by atoms with Crippen LogP contribution in [0.5, 0.6) is 11.5 Å². The molecular formula is C22H18ClF3N2O4S. The van der Waals surface area contributed by atoms with E-state index < -0.39 is 46.4 Å². The van der Waals surface area contributed by atoms with Gasteiger partial charge in [0.05, 0.1) is 5.02 Å². The Hall–Kier alpha value is -2.92. The molecule has 3 aromatic carbocycles. The average Bonchev–Trinajstić information content (AvgIpc) is 2.78. The average molecular weight is 499 g/mol. The third-order valence-corrected chi connectivity index (χ3v) is 5.94. The molecular weight excluding hydrogens is 481 g/mol. The molecule has 11 heteroatoms. The maximum absolute atomic E-state index is 14.7. The SMILES string of the molecule is CC(CN)Oc1ccc(F)cc1-c1cc(N[S+]([O-])c2cc(C=O)cc(Cl)c2O)c(F)cc1F. The Morgan fingerprint density at radius 3 is 2.58 bits per heavy atom. The quantitative estimate of drug-likeness (QED) is 0.304. The van der Waals surface area contributed by atoms with E-state index in [0.717, 1.165) is 30.3 Å². The molecule has 33 heavy (non-hydrogen) atoms. The van der Waals surface area contributed by atoms with Gasteiger partial charge in [0.25, 0.3) is 0 Å². The normalized spacial score (nSPS) is 12.8. The van der Waals surface area contributed by atoms with Crippen molar-refractivity contribution in [3.63, 3.8) is 0 Å². The first-order valence-electron chi connectivity index (χ1n) is 9.46. The molecule has 0 aliphatic rings. The highest BCUT2D eigenvalue weighted by atomic mass is 35.5. The van der Waals surface area contributed by atoms with Gasteiger partial charge in [-0.15, -0.1) is 0 Å². The highest BCUT2D eigenvalue weighted by molar-refractivity contribution is 7.92. The summed E-state index contributed by atoms with van der Waals surface area (Å²) in [6.45, 7) is 1.80. The van der Waals surface area contributed by atoms with Crippen LogP contribution < -0.4 is 15.2 Å². The van der Waals surface area contributed by atoms with Gasteiger partial charge in [0.1, 0.15) is 46.8 Å². The number of carbonyl (C=O) groups excluding carboxylic acids is 1. The number of phenols is 1. The second-order valence-electron chi connectivity index (χ2n) is 6.95. The predicted octanol–water partition coefficient (Wildman–Crippen LogP) is 4.80. The Morgan fingerprint density at radius 1 is 1.18 bits per heavy atom. The lowest BCUT2D eigenvalue weighted by molar-refractivity contribution is 0.112. The van der Waals surface area contributed by atoms with Crippen LogP contribution >= 0.6 is 11.6 Å². The summed E-state index contributed by atoms with van der Waals surface area (Å²) >= 11 is 3.54. The van der Waals surface area contributed by atoms with E-state index in [4.69, 9.17) is 22.1 Å². The summed E-state index contributed by atoms with van der Waals surface area (Å²) in [4.78, 5) is 10.8. The molecule has 6 nitrogen and oxygen atoms in total. The summed E-state index contributed by atoms with van der Waals surface area (Å²) in [5, 5.41) is 9.85. The van der Waals surface area contributed by atoms with Crippen LogP contribution in [0.4, 0.5) is 18.9 Å². The summed E-state index contributed by atoms with van der Waals surface area (Å²) in [7, 11) is 0. The molecule has 0 bridgehead atoms. The number of hydrogen-bond acceptors (Lipinski definition) is 6. The predicted molar refractivity (Wildman–Crippen MR) is 119 cm³/mol. The second kappa shape index (κ2) is 10.3. The standard InChI is InChI=1S/C22H18ClF3N2O4S/c1-11(9-27)32-20-3-2-13(24)6-15(20)14-7-19(18(26)8-17(14)25)28-33(31)21-5-12(10-29)4-16(23)22(21)30/h2-8,10-11,28,30H,9,27H2,1H3. The smallest absolute Gasteiger partial charge is 0.223 e. The Balaban J connectivity index is 2.04. The summed E-state index contributed by atoms with van der Waals surface area (Å²) < 4.78 is 63.8. The monoisotopic (exact) mass is 498 g/mol. The van der Waals surface area contributed by atoms with Gasteiger partial charge >= 0.3 is 0 Å². The van der Waals surface area contributed by atoms with E-state index >= 15 is 0 Å². The molecule has 4 N–H and O–H groups in total. The number of anilines is 1. The van der Waals surface area contributed by atoms with Crippen molar-refractivity contribution in [1.82, 2.24) is 0 Å². The maximum Gasteiger partial charge on any atom is 0.223 e. The van der Waals surface area contributed by atoms with E-state index in [2.05, 4.69) is 4.72 Å². The van der Waals surface area contributed by atoms with Crippen molar-refractivity contribution in [2.75, 3.05) is 11.3 Å². The topological polar surface area (TPSA) is 108 Å². The van der Waals surface area contributed by atoms with Crippen LogP contribution in [-0.2, 0) is 11.4 Å². The molecule has 174 valence electrons. The van der Waals surface area contributed by atoms with E-state index in [-0.39, 0.29) is 38.9 Å². The van der Waals surface area contributed by atoms with Crippen LogP contribution in [0.15, 0.2) is 47.4 Å². The number of aromatic hydroxyl groups is 1. The molecule has 0 saturated heterocycles. The van der Waals surface area contributed by atoms with Crippen molar-refractivity contribution in [2.24, 2.45) is 5.73 Å². The van der Waals surface area contributed by atoms with E-state index in [1.165, 1.54) is 6.07 Å². The molecule has 0 saturated carbocycles. The third kappa shape index (κ3) is 5.53. The third-order valence-electron chi connectivity index (χ3n) is 4.54. The minimum Gasteiger partial charge on any atom is -0.588 e. The Morgan fingerprint density at radius 2 is 1.91 bits per heavy atom.